The Morgan fingerprint density at radius 2 is 1.96 bits per heavy atom. The molecule has 2 aromatic rings. The molecule has 1 heterocycles. The van der Waals surface area contributed by atoms with Crippen molar-refractivity contribution >= 4 is 27.3 Å². The lowest BCUT2D eigenvalue weighted by Gasteiger charge is -2.10. The second-order valence-corrected chi connectivity index (χ2v) is 7.28. The molecule has 0 saturated carbocycles. The van der Waals surface area contributed by atoms with Crippen LogP contribution in [0.3, 0.4) is 0 Å². The van der Waals surface area contributed by atoms with E-state index >= 15 is 0 Å². The summed E-state index contributed by atoms with van der Waals surface area (Å²) in [6, 6.07) is 8.18. The summed E-state index contributed by atoms with van der Waals surface area (Å²) in [7, 11) is -4.02. The molecule has 1 N–H and O–H groups in total. The van der Waals surface area contributed by atoms with Crippen molar-refractivity contribution in [2.75, 3.05) is 19.9 Å². The van der Waals surface area contributed by atoms with E-state index in [4.69, 9.17) is 25.8 Å². The minimum absolute atomic E-state index is 0.0332. The summed E-state index contributed by atoms with van der Waals surface area (Å²) < 4.78 is 42.7. The van der Waals surface area contributed by atoms with E-state index in [0.29, 0.717) is 17.2 Å². The fourth-order valence-electron chi connectivity index (χ4n) is 2.20. The minimum atomic E-state index is -4.02. The molecule has 9 nitrogen and oxygen atoms in total. The number of non-ortho nitro benzene ring substituents is 1. The van der Waals surface area contributed by atoms with Gasteiger partial charge in [-0.1, -0.05) is 11.6 Å². The first-order valence-electron chi connectivity index (χ1n) is 7.33. The topological polar surface area (TPSA) is 117 Å². The van der Waals surface area contributed by atoms with Crippen molar-refractivity contribution in [1.29, 1.82) is 0 Å². The molecular weight excluding hydrogens is 388 g/mol. The van der Waals surface area contributed by atoms with Crippen LogP contribution in [0.25, 0.3) is 0 Å². The van der Waals surface area contributed by atoms with Crippen molar-refractivity contribution < 1.29 is 27.6 Å². The maximum absolute atomic E-state index is 12.3. The summed E-state index contributed by atoms with van der Waals surface area (Å²) in [5.74, 6) is 1.65. The van der Waals surface area contributed by atoms with E-state index in [1.165, 1.54) is 0 Å². The smallest absolute Gasteiger partial charge is 0.270 e. The molecule has 26 heavy (non-hydrogen) atoms. The Hall–Kier alpha value is -2.56. The lowest BCUT2D eigenvalue weighted by molar-refractivity contribution is -0.385. The summed E-state index contributed by atoms with van der Waals surface area (Å²) in [5, 5.41) is 10.7. The number of halogens is 1. The van der Waals surface area contributed by atoms with E-state index in [-0.39, 0.29) is 35.6 Å². The van der Waals surface area contributed by atoms with Crippen LogP contribution >= 0.6 is 11.6 Å². The Bertz CT molecular complexity index is 949. The Balaban J connectivity index is 1.60. The monoisotopic (exact) mass is 400 g/mol. The molecular formula is C15H13ClN2O7S. The molecule has 0 aliphatic carbocycles. The van der Waals surface area contributed by atoms with Crippen LogP contribution in [0.4, 0.5) is 5.69 Å². The SMILES string of the molecule is O=[N+]([O-])c1ccc(Cl)c(S(=O)(=O)NCCOc2ccc3c(c2)OCO3)c1. The lowest BCUT2D eigenvalue weighted by Crippen LogP contribution is -2.28. The number of ether oxygens (including phenoxy) is 3. The zero-order valence-corrected chi connectivity index (χ0v) is 14.7. The molecule has 0 saturated heterocycles. The number of benzene rings is 2. The van der Waals surface area contributed by atoms with Crippen molar-refractivity contribution in [2.24, 2.45) is 0 Å². The fourth-order valence-corrected chi connectivity index (χ4v) is 3.73. The molecule has 0 unspecified atom stereocenters. The lowest BCUT2D eigenvalue weighted by atomic mass is 10.3. The number of nitro groups is 1. The van der Waals surface area contributed by atoms with E-state index in [1.807, 2.05) is 0 Å². The van der Waals surface area contributed by atoms with Crippen LogP contribution in [0.5, 0.6) is 17.2 Å². The van der Waals surface area contributed by atoms with Crippen LogP contribution in [0.2, 0.25) is 5.02 Å². The van der Waals surface area contributed by atoms with Gasteiger partial charge in [0.2, 0.25) is 16.8 Å². The van der Waals surface area contributed by atoms with Crippen LogP contribution in [0, 0.1) is 10.1 Å². The van der Waals surface area contributed by atoms with Gasteiger partial charge in [0, 0.05) is 24.7 Å². The number of hydrogen-bond donors (Lipinski definition) is 1. The molecule has 138 valence electrons. The Morgan fingerprint density at radius 3 is 2.73 bits per heavy atom. The summed E-state index contributed by atoms with van der Waals surface area (Å²) in [6.45, 7) is 0.115. The van der Waals surface area contributed by atoms with E-state index < -0.39 is 14.9 Å². The highest BCUT2D eigenvalue weighted by atomic mass is 35.5. The zero-order valence-electron chi connectivity index (χ0n) is 13.2. The molecule has 0 bridgehead atoms. The van der Waals surface area contributed by atoms with Gasteiger partial charge in [-0.05, 0) is 18.2 Å². The third-order valence-electron chi connectivity index (χ3n) is 3.42. The van der Waals surface area contributed by atoms with Crippen LogP contribution in [-0.2, 0) is 10.0 Å². The van der Waals surface area contributed by atoms with Crippen LogP contribution in [-0.4, -0.2) is 33.3 Å². The first-order valence-corrected chi connectivity index (χ1v) is 9.19. The second-order valence-electron chi connectivity index (χ2n) is 5.13. The molecule has 0 atom stereocenters. The maximum Gasteiger partial charge on any atom is 0.270 e. The predicted octanol–water partition coefficient (Wildman–Crippen LogP) is 2.33. The molecule has 0 spiro atoms. The first kappa shape index (κ1) is 18.2. The summed E-state index contributed by atoms with van der Waals surface area (Å²) in [4.78, 5) is 9.74. The summed E-state index contributed by atoms with van der Waals surface area (Å²) in [5.41, 5.74) is -0.369. The Kier molecular flexibility index (Phi) is 5.16. The molecule has 0 amide bonds. The highest BCUT2D eigenvalue weighted by Gasteiger charge is 2.21. The van der Waals surface area contributed by atoms with Gasteiger partial charge in [-0.2, -0.15) is 0 Å². The quantitative estimate of drug-likeness (QED) is 0.430. The largest absolute Gasteiger partial charge is 0.492 e. The van der Waals surface area contributed by atoms with Crippen LogP contribution < -0.4 is 18.9 Å². The van der Waals surface area contributed by atoms with Gasteiger partial charge in [-0.25, -0.2) is 13.1 Å². The van der Waals surface area contributed by atoms with Crippen molar-refractivity contribution in [2.45, 2.75) is 4.90 Å². The van der Waals surface area contributed by atoms with Crippen LogP contribution in [0.1, 0.15) is 0 Å². The molecule has 11 heteroatoms. The first-order chi connectivity index (χ1) is 12.4. The van der Waals surface area contributed by atoms with Gasteiger partial charge < -0.3 is 14.2 Å². The van der Waals surface area contributed by atoms with Crippen LogP contribution in [0.15, 0.2) is 41.3 Å². The number of nitro benzene ring substituents is 1. The van der Waals surface area contributed by atoms with E-state index in [1.54, 1.807) is 18.2 Å². The average molecular weight is 401 g/mol. The number of nitrogens with zero attached hydrogens (tertiary/aromatic N) is 1. The van der Waals surface area contributed by atoms with Gasteiger partial charge in [-0.3, -0.25) is 10.1 Å². The number of hydrogen-bond acceptors (Lipinski definition) is 7. The van der Waals surface area contributed by atoms with Gasteiger partial charge in [0.05, 0.1) is 9.95 Å². The number of sulfonamides is 1. The summed E-state index contributed by atoms with van der Waals surface area (Å²) in [6.07, 6.45) is 0. The van der Waals surface area contributed by atoms with E-state index in [9.17, 15) is 18.5 Å². The molecule has 1 aliphatic heterocycles. The van der Waals surface area contributed by atoms with Gasteiger partial charge >= 0.3 is 0 Å². The molecule has 3 rings (SSSR count). The molecule has 2 aromatic carbocycles. The molecule has 0 aromatic heterocycles. The Morgan fingerprint density at radius 1 is 1.19 bits per heavy atom. The predicted molar refractivity (Wildman–Crippen MR) is 91.4 cm³/mol. The Labute approximate surface area is 153 Å². The standard InChI is InChI=1S/C15H13ClN2O7S/c16-12-3-1-10(18(19)20)7-15(12)26(21,22)17-5-6-23-11-2-4-13-14(8-11)25-9-24-13/h1-4,7-8,17H,5-6,9H2. The summed E-state index contributed by atoms with van der Waals surface area (Å²) >= 11 is 5.85. The van der Waals surface area contributed by atoms with E-state index in [0.717, 1.165) is 18.2 Å². The molecule has 1 aliphatic rings. The van der Waals surface area contributed by atoms with Gasteiger partial charge in [-0.15, -0.1) is 0 Å². The minimum Gasteiger partial charge on any atom is -0.492 e. The highest BCUT2D eigenvalue weighted by molar-refractivity contribution is 7.89. The fraction of sp³-hybridized carbons (Fsp3) is 0.200. The number of rotatable bonds is 7. The van der Waals surface area contributed by atoms with Gasteiger partial charge in [0.15, 0.2) is 11.5 Å². The number of fused-ring (bicyclic) bond motifs is 1. The van der Waals surface area contributed by atoms with Gasteiger partial charge in [0.25, 0.3) is 5.69 Å². The normalized spacial score (nSPS) is 12.8. The van der Waals surface area contributed by atoms with Crippen molar-refractivity contribution in [3.05, 3.63) is 51.5 Å². The average Bonchev–Trinajstić information content (AvgIpc) is 3.06. The van der Waals surface area contributed by atoms with Crippen molar-refractivity contribution in [1.82, 2.24) is 4.72 Å². The second kappa shape index (κ2) is 7.36. The van der Waals surface area contributed by atoms with Crippen molar-refractivity contribution in [3.63, 3.8) is 0 Å². The van der Waals surface area contributed by atoms with Crippen molar-refractivity contribution in [3.8, 4) is 17.2 Å². The van der Waals surface area contributed by atoms with Gasteiger partial charge in [0.1, 0.15) is 17.3 Å². The molecule has 0 radical (unpaired) electrons. The third kappa shape index (κ3) is 3.98. The highest BCUT2D eigenvalue weighted by Crippen LogP contribution is 2.35. The maximum atomic E-state index is 12.3. The zero-order chi connectivity index (χ0) is 18.7. The number of nitrogens with one attached hydrogen (secondary N) is 1. The third-order valence-corrected chi connectivity index (χ3v) is 5.36. The van der Waals surface area contributed by atoms with E-state index in [2.05, 4.69) is 4.72 Å². The molecule has 0 fully saturated rings.